The zero-order valence-corrected chi connectivity index (χ0v) is 13.1. The molecule has 2 atom stereocenters. The Labute approximate surface area is 125 Å². The summed E-state index contributed by atoms with van der Waals surface area (Å²) in [4.78, 5) is 16.8. The van der Waals surface area contributed by atoms with E-state index in [2.05, 4.69) is 10.00 Å². The van der Waals surface area contributed by atoms with Gasteiger partial charge in [0.25, 0.3) is 0 Å². The average molecular weight is 292 g/mol. The predicted molar refractivity (Wildman–Crippen MR) is 78.6 cm³/mol. The van der Waals surface area contributed by atoms with Gasteiger partial charge in [0.1, 0.15) is 0 Å². The Morgan fingerprint density at radius 3 is 3.05 bits per heavy atom. The first-order valence-electron chi connectivity index (χ1n) is 7.54. The fourth-order valence-corrected chi connectivity index (χ4v) is 3.73. The summed E-state index contributed by atoms with van der Waals surface area (Å²) in [6.45, 7) is 3.31. The molecule has 3 rings (SSSR count). The van der Waals surface area contributed by atoms with Crippen molar-refractivity contribution in [2.24, 2.45) is 12.5 Å². The lowest BCUT2D eigenvalue weighted by molar-refractivity contribution is -0.148. The smallest absolute Gasteiger partial charge is 0.232 e. The maximum Gasteiger partial charge on any atom is 0.232 e. The summed E-state index contributed by atoms with van der Waals surface area (Å²) in [6, 6.07) is 0. The first kappa shape index (κ1) is 14.5. The molecule has 2 aliphatic heterocycles. The van der Waals surface area contributed by atoms with Gasteiger partial charge < -0.3 is 9.64 Å². The molecule has 0 saturated carbocycles. The van der Waals surface area contributed by atoms with Crippen LogP contribution in [0, 0.1) is 5.41 Å². The topological polar surface area (TPSA) is 50.6 Å². The summed E-state index contributed by atoms with van der Waals surface area (Å²) in [7, 11) is 5.61. The summed E-state index contributed by atoms with van der Waals surface area (Å²) in [5.74, 6) is 0.209. The highest BCUT2D eigenvalue weighted by atomic mass is 16.5. The van der Waals surface area contributed by atoms with E-state index in [0.29, 0.717) is 6.61 Å². The lowest BCUT2D eigenvalue weighted by atomic mass is 9.75. The Bertz CT molecular complexity index is 527. The molecular formula is C15H24N4O2. The molecule has 0 unspecified atom stereocenters. The zero-order chi connectivity index (χ0) is 15.0. The van der Waals surface area contributed by atoms with Crippen molar-refractivity contribution in [3.8, 4) is 0 Å². The lowest BCUT2D eigenvalue weighted by Gasteiger charge is -2.43. The monoisotopic (exact) mass is 292 g/mol. The number of aromatic nitrogens is 2. The first-order chi connectivity index (χ1) is 10.0. The van der Waals surface area contributed by atoms with E-state index < -0.39 is 0 Å². The minimum absolute atomic E-state index is 0.0811. The van der Waals surface area contributed by atoms with Gasteiger partial charge in [-0.25, -0.2) is 0 Å². The van der Waals surface area contributed by atoms with Gasteiger partial charge in [0.15, 0.2) is 0 Å². The molecule has 21 heavy (non-hydrogen) atoms. The summed E-state index contributed by atoms with van der Waals surface area (Å²) >= 11 is 0. The number of fused-ring (bicyclic) bond motifs is 1. The van der Waals surface area contributed by atoms with E-state index in [9.17, 15) is 4.79 Å². The Hall–Kier alpha value is -1.40. The van der Waals surface area contributed by atoms with Gasteiger partial charge in [-0.15, -0.1) is 0 Å². The van der Waals surface area contributed by atoms with Gasteiger partial charge in [-0.3, -0.25) is 14.4 Å². The number of carbonyl (C=O) groups excluding carboxylic acids is 1. The van der Waals surface area contributed by atoms with Crippen LogP contribution in [0.1, 0.15) is 18.4 Å². The van der Waals surface area contributed by atoms with Crippen LogP contribution in [0.15, 0.2) is 12.4 Å². The zero-order valence-electron chi connectivity index (χ0n) is 13.1. The third-order valence-electron chi connectivity index (χ3n) is 4.69. The van der Waals surface area contributed by atoms with E-state index in [4.69, 9.17) is 4.74 Å². The molecule has 0 bridgehead atoms. The number of likely N-dealkylation sites (tertiary alicyclic amines) is 1. The molecule has 1 aromatic heterocycles. The molecule has 0 N–H and O–H groups in total. The average Bonchev–Trinajstić information content (AvgIpc) is 3.04. The van der Waals surface area contributed by atoms with Crippen LogP contribution in [-0.4, -0.2) is 65.4 Å². The third kappa shape index (κ3) is 2.58. The number of rotatable bonds is 3. The molecule has 2 fully saturated rings. The molecule has 1 aromatic rings. The van der Waals surface area contributed by atoms with Crippen molar-refractivity contribution in [3.05, 3.63) is 18.0 Å². The predicted octanol–water partition coefficient (Wildman–Crippen LogP) is 0.489. The highest BCUT2D eigenvalue weighted by Crippen LogP contribution is 2.42. The minimum atomic E-state index is -0.357. The fraction of sp³-hybridized carbons (Fsp3) is 0.733. The van der Waals surface area contributed by atoms with Gasteiger partial charge in [-0.05, 0) is 12.8 Å². The second kappa shape index (κ2) is 5.42. The molecule has 3 heterocycles. The van der Waals surface area contributed by atoms with E-state index in [-0.39, 0.29) is 17.4 Å². The number of amides is 1. The van der Waals surface area contributed by atoms with E-state index in [0.717, 1.165) is 32.5 Å². The third-order valence-corrected chi connectivity index (χ3v) is 4.69. The maximum absolute atomic E-state index is 12.7. The fourth-order valence-electron chi connectivity index (χ4n) is 3.73. The number of hydrogen-bond acceptors (Lipinski definition) is 4. The first-order valence-corrected chi connectivity index (χ1v) is 7.54. The van der Waals surface area contributed by atoms with Crippen LogP contribution in [0.5, 0.6) is 0 Å². The molecular weight excluding hydrogens is 268 g/mol. The van der Waals surface area contributed by atoms with Crippen molar-refractivity contribution < 1.29 is 9.53 Å². The number of nitrogens with zero attached hydrogens (tertiary/aromatic N) is 4. The van der Waals surface area contributed by atoms with Crippen molar-refractivity contribution in [1.82, 2.24) is 19.6 Å². The second-order valence-electron chi connectivity index (χ2n) is 6.49. The van der Waals surface area contributed by atoms with Gasteiger partial charge >= 0.3 is 0 Å². The van der Waals surface area contributed by atoms with Gasteiger partial charge in [0, 0.05) is 59.1 Å². The Morgan fingerprint density at radius 1 is 1.57 bits per heavy atom. The van der Waals surface area contributed by atoms with Crippen molar-refractivity contribution in [3.63, 3.8) is 0 Å². The van der Waals surface area contributed by atoms with E-state index >= 15 is 0 Å². The SMILES string of the molecule is CN(C)C(=O)[C@]12CCO[C@H]1CCN(Cc1cnn(C)c1)C2. The lowest BCUT2D eigenvalue weighted by Crippen LogP contribution is -2.56. The Balaban J connectivity index is 1.76. The number of piperidine rings is 1. The van der Waals surface area contributed by atoms with Crippen LogP contribution < -0.4 is 0 Å². The molecule has 0 aliphatic carbocycles. The minimum Gasteiger partial charge on any atom is -0.377 e. The van der Waals surface area contributed by atoms with Crippen LogP contribution in [0.4, 0.5) is 0 Å². The largest absolute Gasteiger partial charge is 0.377 e. The van der Waals surface area contributed by atoms with Gasteiger partial charge in [0.05, 0.1) is 17.7 Å². The van der Waals surface area contributed by atoms with Crippen LogP contribution in [0.3, 0.4) is 0 Å². The van der Waals surface area contributed by atoms with Crippen molar-refractivity contribution in [2.45, 2.75) is 25.5 Å². The number of ether oxygens (including phenoxy) is 1. The molecule has 6 nitrogen and oxygen atoms in total. The van der Waals surface area contributed by atoms with E-state index in [1.807, 2.05) is 38.2 Å². The number of carbonyl (C=O) groups is 1. The summed E-state index contributed by atoms with van der Waals surface area (Å²) in [6.07, 6.45) is 5.78. The van der Waals surface area contributed by atoms with Gasteiger partial charge in [-0.2, -0.15) is 5.10 Å². The standard InChI is InChI=1S/C15H24N4O2/c1-17(2)14(20)15-5-7-21-13(15)4-6-19(11-15)10-12-8-16-18(3)9-12/h8-9,13H,4-7,10-11H2,1-3H3/t13-,15-/m0/s1. The molecule has 2 saturated heterocycles. The summed E-state index contributed by atoms with van der Waals surface area (Å²) in [5, 5.41) is 4.22. The molecule has 6 heteroatoms. The normalized spacial score (nSPS) is 29.4. The van der Waals surface area contributed by atoms with E-state index in [1.165, 1.54) is 5.56 Å². The molecule has 0 aromatic carbocycles. The van der Waals surface area contributed by atoms with Crippen molar-refractivity contribution in [1.29, 1.82) is 0 Å². The van der Waals surface area contributed by atoms with Crippen molar-refractivity contribution >= 4 is 5.91 Å². The second-order valence-corrected chi connectivity index (χ2v) is 6.49. The van der Waals surface area contributed by atoms with Crippen LogP contribution in [-0.2, 0) is 23.1 Å². The highest BCUT2D eigenvalue weighted by Gasteiger charge is 2.53. The quantitative estimate of drug-likeness (QED) is 0.813. The van der Waals surface area contributed by atoms with Gasteiger partial charge in [0.2, 0.25) is 5.91 Å². The molecule has 0 radical (unpaired) electrons. The Kier molecular flexibility index (Phi) is 3.75. The summed E-state index contributed by atoms with van der Waals surface area (Å²) < 4.78 is 7.66. The summed E-state index contributed by atoms with van der Waals surface area (Å²) in [5.41, 5.74) is 0.839. The van der Waals surface area contributed by atoms with Crippen LogP contribution in [0.2, 0.25) is 0 Å². The molecule has 116 valence electrons. The Morgan fingerprint density at radius 2 is 2.38 bits per heavy atom. The molecule has 2 aliphatic rings. The van der Waals surface area contributed by atoms with Crippen LogP contribution >= 0.6 is 0 Å². The number of hydrogen-bond donors (Lipinski definition) is 0. The van der Waals surface area contributed by atoms with Crippen molar-refractivity contribution in [2.75, 3.05) is 33.8 Å². The highest BCUT2D eigenvalue weighted by molar-refractivity contribution is 5.83. The van der Waals surface area contributed by atoms with Crippen LogP contribution in [0.25, 0.3) is 0 Å². The molecule has 1 amide bonds. The maximum atomic E-state index is 12.7. The number of aryl methyl sites for hydroxylation is 1. The van der Waals surface area contributed by atoms with E-state index in [1.54, 1.807) is 4.90 Å². The molecule has 0 spiro atoms. The van der Waals surface area contributed by atoms with Gasteiger partial charge in [-0.1, -0.05) is 0 Å².